The second-order valence-electron chi connectivity index (χ2n) is 7.30. The Morgan fingerprint density at radius 3 is 2.45 bits per heavy atom. The lowest BCUT2D eigenvalue weighted by molar-refractivity contribution is 0.301. The van der Waals surface area contributed by atoms with Crippen LogP contribution in [0.25, 0.3) is 11.0 Å². The predicted molar refractivity (Wildman–Crippen MR) is 119 cm³/mol. The van der Waals surface area contributed by atoms with Gasteiger partial charge in [0.05, 0.1) is 29.5 Å². The van der Waals surface area contributed by atoms with E-state index in [9.17, 15) is 0 Å². The van der Waals surface area contributed by atoms with Crippen LogP contribution in [0.4, 0.5) is 0 Å². The van der Waals surface area contributed by atoms with Crippen LogP contribution in [0.1, 0.15) is 26.3 Å². The Kier molecular flexibility index (Phi) is 7.25. The van der Waals surface area contributed by atoms with Crippen LogP contribution in [0, 0.1) is 0 Å². The van der Waals surface area contributed by atoms with Crippen LogP contribution in [0.3, 0.4) is 0 Å². The molecule has 0 radical (unpaired) electrons. The lowest BCUT2D eigenvalue weighted by Gasteiger charge is -2.33. The molecular formula is C23H31N5O. The van der Waals surface area contributed by atoms with E-state index in [-0.39, 0.29) is 0 Å². The van der Waals surface area contributed by atoms with Crippen molar-refractivity contribution in [3.63, 3.8) is 0 Å². The van der Waals surface area contributed by atoms with E-state index in [1.807, 2.05) is 12.1 Å². The van der Waals surface area contributed by atoms with Crippen molar-refractivity contribution in [1.29, 1.82) is 0 Å². The molecule has 154 valence electrons. The number of piperazine rings is 1. The zero-order valence-electron chi connectivity index (χ0n) is 17.8. The van der Waals surface area contributed by atoms with Crippen LogP contribution < -0.4 is 15.4 Å². The number of benzene rings is 1. The molecule has 0 saturated carbocycles. The average Bonchev–Trinajstić information content (AvgIpc) is 2.75. The molecule has 0 atom stereocenters. The molecule has 0 amide bonds. The summed E-state index contributed by atoms with van der Waals surface area (Å²) in [6.45, 7) is 11.0. The summed E-state index contributed by atoms with van der Waals surface area (Å²) in [7, 11) is 1.69. The number of ether oxygens (including phenoxy) is 1. The quantitative estimate of drug-likeness (QED) is 0.703. The first-order chi connectivity index (χ1) is 14.1. The molecule has 0 spiro atoms. The van der Waals surface area contributed by atoms with Gasteiger partial charge >= 0.3 is 0 Å². The van der Waals surface area contributed by atoms with Gasteiger partial charge in [0.15, 0.2) is 0 Å². The minimum atomic E-state index is 0.646. The molecule has 3 rings (SSSR count). The third kappa shape index (κ3) is 5.35. The molecule has 1 saturated heterocycles. The Bertz CT molecular complexity index is 922. The van der Waals surface area contributed by atoms with Crippen molar-refractivity contribution in [3.8, 4) is 5.75 Å². The smallest absolute Gasteiger partial charge is 0.126 e. The minimum Gasteiger partial charge on any atom is -0.496 e. The van der Waals surface area contributed by atoms with Crippen LogP contribution >= 0.6 is 0 Å². The molecule has 0 unspecified atom stereocenters. The molecule has 2 N–H and O–H groups in total. The van der Waals surface area contributed by atoms with Crippen molar-refractivity contribution in [1.82, 2.24) is 25.5 Å². The fourth-order valence-electron chi connectivity index (χ4n) is 3.41. The van der Waals surface area contributed by atoms with E-state index in [2.05, 4.69) is 64.5 Å². The van der Waals surface area contributed by atoms with Crippen LogP contribution in [-0.4, -0.2) is 48.2 Å². The Labute approximate surface area is 173 Å². The molecule has 1 aliphatic rings. The number of rotatable bonds is 7. The highest BCUT2D eigenvalue weighted by Crippen LogP contribution is 2.24. The first-order valence-electron chi connectivity index (χ1n) is 10.1. The number of hydrogen-bond acceptors (Lipinski definition) is 6. The Morgan fingerprint density at radius 2 is 1.83 bits per heavy atom. The first kappa shape index (κ1) is 20.9. The highest BCUT2D eigenvalue weighted by molar-refractivity contribution is 5.77. The fraction of sp³-hybridized carbons (Fsp3) is 0.391. The van der Waals surface area contributed by atoms with E-state index in [0.29, 0.717) is 6.54 Å². The molecule has 1 fully saturated rings. The molecule has 1 aliphatic heterocycles. The van der Waals surface area contributed by atoms with E-state index >= 15 is 0 Å². The standard InChI is InChI=1S/C23H31N5O/c1-5-19(22(7-6-17(2)3)28-12-10-24-11-13-28)27-16-18-14-20-21(15-23(18)29-4)26-9-8-25-20/h5-9,14-15,24,27H,10-13,16H2,1-4H3/b19-5+,22-7+. The molecule has 6 heteroatoms. The summed E-state index contributed by atoms with van der Waals surface area (Å²) in [4.78, 5) is 11.2. The summed E-state index contributed by atoms with van der Waals surface area (Å²) in [6, 6.07) is 4.00. The lowest BCUT2D eigenvalue weighted by atomic mass is 10.1. The van der Waals surface area contributed by atoms with Crippen LogP contribution in [-0.2, 0) is 6.54 Å². The average molecular weight is 394 g/mol. The summed E-state index contributed by atoms with van der Waals surface area (Å²) in [5.74, 6) is 0.818. The minimum absolute atomic E-state index is 0.646. The number of nitrogens with zero attached hydrogens (tertiary/aromatic N) is 3. The molecule has 1 aromatic carbocycles. The van der Waals surface area contributed by atoms with Gasteiger partial charge in [-0.15, -0.1) is 0 Å². The van der Waals surface area contributed by atoms with Crippen LogP contribution in [0.15, 0.2) is 59.7 Å². The molecule has 0 aliphatic carbocycles. The highest BCUT2D eigenvalue weighted by Gasteiger charge is 2.16. The maximum absolute atomic E-state index is 5.61. The topological polar surface area (TPSA) is 62.3 Å². The van der Waals surface area contributed by atoms with Gasteiger partial charge in [0.2, 0.25) is 0 Å². The van der Waals surface area contributed by atoms with Gasteiger partial charge in [-0.2, -0.15) is 0 Å². The van der Waals surface area contributed by atoms with Crippen molar-refractivity contribution in [2.24, 2.45) is 0 Å². The first-order valence-corrected chi connectivity index (χ1v) is 10.1. The van der Waals surface area contributed by atoms with E-state index < -0.39 is 0 Å². The molecule has 2 heterocycles. The second-order valence-corrected chi connectivity index (χ2v) is 7.30. The summed E-state index contributed by atoms with van der Waals surface area (Å²) >= 11 is 0. The Hall–Kier alpha value is -2.86. The van der Waals surface area contributed by atoms with Crippen molar-refractivity contribution < 1.29 is 4.74 Å². The fourth-order valence-corrected chi connectivity index (χ4v) is 3.41. The number of hydrogen-bond donors (Lipinski definition) is 2. The second kappa shape index (κ2) is 10.1. The number of methoxy groups -OCH3 is 1. The zero-order valence-corrected chi connectivity index (χ0v) is 17.8. The van der Waals surface area contributed by atoms with Crippen LogP contribution in [0.2, 0.25) is 0 Å². The third-order valence-corrected chi connectivity index (χ3v) is 4.94. The van der Waals surface area contributed by atoms with E-state index in [4.69, 9.17) is 4.74 Å². The van der Waals surface area contributed by atoms with Gasteiger partial charge in [0.1, 0.15) is 5.75 Å². The third-order valence-electron chi connectivity index (χ3n) is 4.94. The highest BCUT2D eigenvalue weighted by atomic mass is 16.5. The van der Waals surface area contributed by atoms with E-state index in [1.54, 1.807) is 19.5 Å². The van der Waals surface area contributed by atoms with Crippen molar-refractivity contribution in [2.75, 3.05) is 33.3 Å². The van der Waals surface area contributed by atoms with E-state index in [0.717, 1.165) is 54.2 Å². The van der Waals surface area contributed by atoms with Crippen molar-refractivity contribution >= 4 is 11.0 Å². The Balaban J connectivity index is 1.85. The number of nitrogens with one attached hydrogen (secondary N) is 2. The van der Waals surface area contributed by atoms with Crippen molar-refractivity contribution in [2.45, 2.75) is 27.3 Å². The monoisotopic (exact) mass is 393 g/mol. The van der Waals surface area contributed by atoms with Gasteiger partial charge in [0.25, 0.3) is 0 Å². The summed E-state index contributed by atoms with van der Waals surface area (Å²) in [5.41, 5.74) is 6.38. The summed E-state index contributed by atoms with van der Waals surface area (Å²) in [6.07, 6.45) is 9.94. The van der Waals surface area contributed by atoms with Gasteiger partial charge in [0, 0.05) is 56.7 Å². The molecule has 29 heavy (non-hydrogen) atoms. The van der Waals surface area contributed by atoms with Gasteiger partial charge in [-0.05, 0) is 32.9 Å². The summed E-state index contributed by atoms with van der Waals surface area (Å²) < 4.78 is 5.61. The van der Waals surface area contributed by atoms with E-state index in [1.165, 1.54) is 11.3 Å². The summed E-state index contributed by atoms with van der Waals surface area (Å²) in [5, 5.41) is 7.05. The largest absolute Gasteiger partial charge is 0.496 e. The number of fused-ring (bicyclic) bond motifs is 1. The molecule has 1 aromatic heterocycles. The van der Waals surface area contributed by atoms with Gasteiger partial charge in [-0.3, -0.25) is 9.97 Å². The predicted octanol–water partition coefficient (Wildman–Crippen LogP) is 3.39. The molecular weight excluding hydrogens is 362 g/mol. The molecule has 2 aromatic rings. The molecule has 6 nitrogen and oxygen atoms in total. The lowest BCUT2D eigenvalue weighted by Crippen LogP contribution is -2.44. The zero-order chi connectivity index (χ0) is 20.6. The van der Waals surface area contributed by atoms with Gasteiger partial charge in [-0.25, -0.2) is 0 Å². The van der Waals surface area contributed by atoms with Gasteiger partial charge < -0.3 is 20.3 Å². The number of aromatic nitrogens is 2. The maximum Gasteiger partial charge on any atom is 0.126 e. The normalized spacial score (nSPS) is 15.4. The Morgan fingerprint density at radius 1 is 1.14 bits per heavy atom. The van der Waals surface area contributed by atoms with Gasteiger partial charge in [-0.1, -0.05) is 17.7 Å². The van der Waals surface area contributed by atoms with Crippen molar-refractivity contribution in [3.05, 3.63) is 65.3 Å². The SMILES string of the molecule is C/C=C(NCc1cc2nccnc2cc1OC)\C(=C/C=C(C)C)N1CCNCC1. The van der Waals surface area contributed by atoms with Crippen LogP contribution in [0.5, 0.6) is 5.75 Å². The molecule has 0 bridgehead atoms. The maximum atomic E-state index is 5.61. The number of allylic oxidation sites excluding steroid dienone is 4.